The van der Waals surface area contributed by atoms with Gasteiger partial charge in [-0.05, 0) is 31.1 Å². The SMILES string of the molecule is CCCCN(CCCC)c1ccc(/C=C2\SC(=S)NC2=O)s1. The Morgan fingerprint density at radius 3 is 2.45 bits per heavy atom. The van der Waals surface area contributed by atoms with Crippen molar-refractivity contribution in [3.05, 3.63) is 21.9 Å². The number of hydrogen-bond acceptors (Lipinski definition) is 5. The molecule has 120 valence electrons. The molecule has 22 heavy (non-hydrogen) atoms. The molecule has 0 unspecified atom stereocenters. The molecule has 1 aliphatic rings. The molecule has 0 saturated carbocycles. The monoisotopic (exact) mass is 354 g/mol. The lowest BCUT2D eigenvalue weighted by atomic mass is 10.2. The predicted octanol–water partition coefficient (Wildman–Crippen LogP) is 4.64. The second-order valence-corrected chi connectivity index (χ2v) is 8.04. The summed E-state index contributed by atoms with van der Waals surface area (Å²) in [4.78, 5) is 16.0. The van der Waals surface area contributed by atoms with E-state index in [2.05, 4.69) is 36.2 Å². The molecule has 0 radical (unpaired) electrons. The van der Waals surface area contributed by atoms with Crippen molar-refractivity contribution in [1.29, 1.82) is 0 Å². The fourth-order valence-electron chi connectivity index (χ4n) is 2.17. The third-order valence-electron chi connectivity index (χ3n) is 3.40. The first-order valence-corrected chi connectivity index (χ1v) is 9.77. The van der Waals surface area contributed by atoms with E-state index in [1.165, 1.54) is 42.4 Å². The zero-order valence-electron chi connectivity index (χ0n) is 13.1. The molecule has 1 N–H and O–H groups in total. The first-order valence-electron chi connectivity index (χ1n) is 7.73. The lowest BCUT2D eigenvalue weighted by Crippen LogP contribution is -2.24. The normalized spacial score (nSPS) is 16.4. The highest BCUT2D eigenvalue weighted by molar-refractivity contribution is 8.26. The average molecular weight is 355 g/mol. The molecule has 0 atom stereocenters. The van der Waals surface area contributed by atoms with Crippen LogP contribution in [0.3, 0.4) is 0 Å². The highest BCUT2D eigenvalue weighted by atomic mass is 32.2. The van der Waals surface area contributed by atoms with Crippen LogP contribution < -0.4 is 10.2 Å². The maximum Gasteiger partial charge on any atom is 0.263 e. The number of hydrogen-bond donors (Lipinski definition) is 1. The number of thiophene rings is 1. The van der Waals surface area contributed by atoms with E-state index >= 15 is 0 Å². The Hall–Kier alpha value is -0.850. The Kier molecular flexibility index (Phi) is 6.92. The van der Waals surface area contributed by atoms with Crippen molar-refractivity contribution >= 4 is 56.6 Å². The molecule has 2 rings (SSSR count). The van der Waals surface area contributed by atoms with E-state index in [1.54, 1.807) is 11.3 Å². The van der Waals surface area contributed by atoms with Crippen molar-refractivity contribution in [3.63, 3.8) is 0 Å². The van der Waals surface area contributed by atoms with Gasteiger partial charge in [0.25, 0.3) is 5.91 Å². The standard InChI is InChI=1S/C16H22N2OS3/c1-3-5-9-18(10-6-4-2)14-8-7-12(21-14)11-13-15(19)17-16(20)22-13/h7-8,11H,3-6,9-10H2,1-2H3,(H,17,19,20)/b13-11-. The minimum Gasteiger partial charge on any atom is -0.363 e. The van der Waals surface area contributed by atoms with Gasteiger partial charge in [-0.15, -0.1) is 11.3 Å². The molecule has 3 nitrogen and oxygen atoms in total. The Morgan fingerprint density at radius 2 is 1.91 bits per heavy atom. The van der Waals surface area contributed by atoms with E-state index in [0.29, 0.717) is 9.23 Å². The lowest BCUT2D eigenvalue weighted by molar-refractivity contribution is -0.115. The van der Waals surface area contributed by atoms with Crippen LogP contribution in [0.4, 0.5) is 5.00 Å². The molecule has 0 spiro atoms. The zero-order valence-corrected chi connectivity index (χ0v) is 15.5. The van der Waals surface area contributed by atoms with Gasteiger partial charge in [0.15, 0.2) is 0 Å². The van der Waals surface area contributed by atoms with E-state index in [-0.39, 0.29) is 5.91 Å². The number of anilines is 1. The molecule has 6 heteroatoms. The molecule has 1 fully saturated rings. The summed E-state index contributed by atoms with van der Waals surface area (Å²) in [7, 11) is 0. The molecule has 0 aliphatic carbocycles. The van der Waals surface area contributed by atoms with Gasteiger partial charge < -0.3 is 10.2 Å². The van der Waals surface area contributed by atoms with Gasteiger partial charge in [-0.3, -0.25) is 4.79 Å². The summed E-state index contributed by atoms with van der Waals surface area (Å²) in [5, 5.41) is 3.95. The van der Waals surface area contributed by atoms with Crippen LogP contribution in [0, 0.1) is 0 Å². The number of carbonyl (C=O) groups is 1. The Labute approximate surface area is 146 Å². The molecule has 0 aromatic carbocycles. The minimum absolute atomic E-state index is 0.0845. The molecule has 1 aromatic heterocycles. The van der Waals surface area contributed by atoms with Crippen LogP contribution in [0.2, 0.25) is 0 Å². The van der Waals surface area contributed by atoms with Gasteiger partial charge in [0.1, 0.15) is 4.32 Å². The van der Waals surface area contributed by atoms with Gasteiger partial charge in [0.2, 0.25) is 0 Å². The maximum atomic E-state index is 11.7. The molecule has 1 amide bonds. The fraction of sp³-hybridized carbons (Fsp3) is 0.500. The third kappa shape index (κ3) is 4.83. The molecule has 1 saturated heterocycles. The zero-order chi connectivity index (χ0) is 15.9. The fourth-order valence-corrected chi connectivity index (χ4v) is 4.28. The molecule has 1 aromatic rings. The number of unbranched alkanes of at least 4 members (excludes halogenated alkanes) is 2. The quantitative estimate of drug-likeness (QED) is 0.544. The van der Waals surface area contributed by atoms with Crippen molar-refractivity contribution in [1.82, 2.24) is 5.32 Å². The molecular weight excluding hydrogens is 332 g/mol. The third-order valence-corrected chi connectivity index (χ3v) is 5.66. The maximum absolute atomic E-state index is 11.7. The first-order chi connectivity index (χ1) is 10.6. The number of carbonyl (C=O) groups excluding carboxylic acids is 1. The summed E-state index contributed by atoms with van der Waals surface area (Å²) < 4.78 is 0.542. The molecule has 1 aliphatic heterocycles. The van der Waals surface area contributed by atoms with E-state index in [4.69, 9.17) is 12.2 Å². The van der Waals surface area contributed by atoms with Gasteiger partial charge >= 0.3 is 0 Å². The van der Waals surface area contributed by atoms with E-state index in [0.717, 1.165) is 18.0 Å². The van der Waals surface area contributed by atoms with Crippen LogP contribution in [0.1, 0.15) is 44.4 Å². The van der Waals surface area contributed by atoms with Crippen LogP contribution >= 0.6 is 35.3 Å². The summed E-state index contributed by atoms with van der Waals surface area (Å²) in [6.45, 7) is 6.65. The Morgan fingerprint density at radius 1 is 1.23 bits per heavy atom. The summed E-state index contributed by atoms with van der Waals surface area (Å²) >= 11 is 8.10. The molecular formula is C16H22N2OS3. The summed E-state index contributed by atoms with van der Waals surface area (Å²) in [6.07, 6.45) is 6.78. The summed E-state index contributed by atoms with van der Waals surface area (Å²) in [6, 6.07) is 4.26. The van der Waals surface area contributed by atoms with E-state index in [1.807, 2.05) is 6.08 Å². The van der Waals surface area contributed by atoms with Crippen molar-refractivity contribution in [2.24, 2.45) is 0 Å². The van der Waals surface area contributed by atoms with Crippen molar-refractivity contribution in [2.75, 3.05) is 18.0 Å². The van der Waals surface area contributed by atoms with Gasteiger partial charge in [-0.2, -0.15) is 0 Å². The number of amides is 1. The van der Waals surface area contributed by atoms with Gasteiger partial charge in [-0.1, -0.05) is 50.7 Å². The minimum atomic E-state index is -0.0845. The average Bonchev–Trinajstić information content (AvgIpc) is 3.07. The van der Waals surface area contributed by atoms with Crippen LogP contribution in [-0.2, 0) is 4.79 Å². The number of thiocarbonyl (C=S) groups is 1. The second-order valence-electron chi connectivity index (χ2n) is 5.22. The predicted molar refractivity (Wildman–Crippen MR) is 103 cm³/mol. The van der Waals surface area contributed by atoms with Gasteiger partial charge in [0, 0.05) is 18.0 Å². The van der Waals surface area contributed by atoms with Gasteiger partial charge in [0.05, 0.1) is 9.91 Å². The van der Waals surface area contributed by atoms with E-state index in [9.17, 15) is 4.79 Å². The summed E-state index contributed by atoms with van der Waals surface area (Å²) in [5.74, 6) is -0.0845. The Balaban J connectivity index is 2.09. The number of rotatable bonds is 8. The molecule has 0 bridgehead atoms. The van der Waals surface area contributed by atoms with Gasteiger partial charge in [-0.25, -0.2) is 0 Å². The topological polar surface area (TPSA) is 32.3 Å². The van der Waals surface area contributed by atoms with Crippen molar-refractivity contribution in [3.8, 4) is 0 Å². The van der Waals surface area contributed by atoms with Crippen LogP contribution in [-0.4, -0.2) is 23.3 Å². The number of thioether (sulfide) groups is 1. The van der Waals surface area contributed by atoms with Crippen LogP contribution in [0.15, 0.2) is 17.0 Å². The second kappa shape index (κ2) is 8.70. The van der Waals surface area contributed by atoms with Crippen molar-refractivity contribution < 1.29 is 4.79 Å². The highest BCUT2D eigenvalue weighted by Gasteiger charge is 2.22. The number of nitrogens with zero attached hydrogens (tertiary/aromatic N) is 1. The van der Waals surface area contributed by atoms with Crippen LogP contribution in [0.5, 0.6) is 0 Å². The number of nitrogens with one attached hydrogen (secondary N) is 1. The lowest BCUT2D eigenvalue weighted by Gasteiger charge is -2.22. The van der Waals surface area contributed by atoms with E-state index < -0.39 is 0 Å². The van der Waals surface area contributed by atoms with Crippen molar-refractivity contribution in [2.45, 2.75) is 39.5 Å². The smallest absolute Gasteiger partial charge is 0.263 e. The first kappa shape index (κ1) is 17.5. The summed E-state index contributed by atoms with van der Waals surface area (Å²) in [5.41, 5.74) is 0. The highest BCUT2D eigenvalue weighted by Crippen LogP contribution is 2.32. The van der Waals surface area contributed by atoms with Crippen LogP contribution in [0.25, 0.3) is 6.08 Å². The molecule has 2 heterocycles. The Bertz CT molecular complexity index is 557. The largest absolute Gasteiger partial charge is 0.363 e.